The first-order valence-corrected chi connectivity index (χ1v) is 7.37. The molecule has 1 aromatic rings. The SMILES string of the molecule is CCC(Br)C(=O)Nc1nc2c(s1)CCCC2. The predicted octanol–water partition coefficient (Wildman–Crippen LogP) is 3.13. The zero-order valence-corrected chi connectivity index (χ0v) is 11.7. The molecule has 88 valence electrons. The Morgan fingerprint density at radius 2 is 2.31 bits per heavy atom. The number of aromatic nitrogens is 1. The molecule has 1 unspecified atom stereocenters. The number of hydrogen-bond acceptors (Lipinski definition) is 3. The van der Waals surface area contributed by atoms with E-state index in [1.807, 2.05) is 6.92 Å². The van der Waals surface area contributed by atoms with Crippen molar-refractivity contribution in [3.63, 3.8) is 0 Å². The van der Waals surface area contributed by atoms with Crippen molar-refractivity contribution in [1.82, 2.24) is 4.98 Å². The summed E-state index contributed by atoms with van der Waals surface area (Å²) < 4.78 is 0. The monoisotopic (exact) mass is 302 g/mol. The van der Waals surface area contributed by atoms with Crippen molar-refractivity contribution < 1.29 is 4.79 Å². The largest absolute Gasteiger partial charge is 0.301 e. The van der Waals surface area contributed by atoms with Gasteiger partial charge < -0.3 is 5.32 Å². The van der Waals surface area contributed by atoms with Crippen molar-refractivity contribution in [2.75, 3.05) is 5.32 Å². The zero-order chi connectivity index (χ0) is 11.5. The van der Waals surface area contributed by atoms with Crippen molar-refractivity contribution in [3.05, 3.63) is 10.6 Å². The first-order chi connectivity index (χ1) is 7.70. The van der Waals surface area contributed by atoms with E-state index in [0.717, 1.165) is 24.4 Å². The molecule has 0 saturated heterocycles. The Morgan fingerprint density at radius 1 is 1.56 bits per heavy atom. The van der Waals surface area contributed by atoms with Crippen molar-refractivity contribution in [3.8, 4) is 0 Å². The van der Waals surface area contributed by atoms with Crippen LogP contribution in [0.25, 0.3) is 0 Å². The van der Waals surface area contributed by atoms with Gasteiger partial charge in [0, 0.05) is 4.88 Å². The van der Waals surface area contributed by atoms with E-state index in [0.29, 0.717) is 0 Å². The minimum atomic E-state index is -0.117. The topological polar surface area (TPSA) is 42.0 Å². The molecule has 16 heavy (non-hydrogen) atoms. The third kappa shape index (κ3) is 2.63. The summed E-state index contributed by atoms with van der Waals surface area (Å²) in [4.78, 5) is 17.4. The first kappa shape index (κ1) is 12.0. The molecule has 1 aliphatic rings. The Hall–Kier alpha value is -0.420. The summed E-state index contributed by atoms with van der Waals surface area (Å²) in [6.07, 6.45) is 5.44. The summed E-state index contributed by atoms with van der Waals surface area (Å²) in [5.41, 5.74) is 1.19. The van der Waals surface area contributed by atoms with Gasteiger partial charge in [-0.2, -0.15) is 0 Å². The molecular weight excluding hydrogens is 288 g/mol. The highest BCUT2D eigenvalue weighted by Crippen LogP contribution is 2.29. The van der Waals surface area contributed by atoms with Crippen LogP contribution in [0, 0.1) is 0 Å². The number of fused-ring (bicyclic) bond motifs is 1. The Bertz CT molecular complexity index is 368. The molecule has 0 aromatic carbocycles. The Kier molecular flexibility index (Phi) is 3.97. The third-order valence-corrected chi connectivity index (χ3v) is 4.85. The number of carbonyl (C=O) groups excluding carboxylic acids is 1. The Labute approximate surface area is 108 Å². The molecule has 1 atom stereocenters. The number of nitrogens with zero attached hydrogens (tertiary/aromatic N) is 1. The van der Waals surface area contributed by atoms with Crippen molar-refractivity contribution in [2.45, 2.75) is 43.9 Å². The number of anilines is 1. The highest BCUT2D eigenvalue weighted by Gasteiger charge is 2.18. The van der Waals surface area contributed by atoms with Gasteiger partial charge >= 0.3 is 0 Å². The number of rotatable bonds is 3. The van der Waals surface area contributed by atoms with Crippen molar-refractivity contribution >= 4 is 38.3 Å². The Morgan fingerprint density at radius 3 is 3.00 bits per heavy atom. The summed E-state index contributed by atoms with van der Waals surface area (Å²) in [6.45, 7) is 1.98. The van der Waals surface area contributed by atoms with Gasteiger partial charge in [-0.25, -0.2) is 4.98 Å². The minimum absolute atomic E-state index is 0.00796. The molecule has 1 aliphatic carbocycles. The zero-order valence-electron chi connectivity index (χ0n) is 9.25. The van der Waals surface area contributed by atoms with Crippen LogP contribution < -0.4 is 5.32 Å². The number of amides is 1. The van der Waals surface area contributed by atoms with Crippen LogP contribution in [-0.4, -0.2) is 15.7 Å². The summed E-state index contributed by atoms with van der Waals surface area (Å²) in [5, 5.41) is 3.63. The molecular formula is C11H15BrN2OS. The molecule has 1 aromatic heterocycles. The summed E-state index contributed by atoms with van der Waals surface area (Å²) in [5.74, 6) is 0.00796. The highest BCUT2D eigenvalue weighted by molar-refractivity contribution is 9.10. The van der Waals surface area contributed by atoms with E-state index >= 15 is 0 Å². The van der Waals surface area contributed by atoms with Crippen LogP contribution in [0.3, 0.4) is 0 Å². The molecule has 5 heteroatoms. The average Bonchev–Trinajstić information content (AvgIpc) is 2.69. The van der Waals surface area contributed by atoms with E-state index in [1.54, 1.807) is 11.3 Å². The standard InChI is InChI=1S/C11H15BrN2OS/c1-2-7(12)10(15)14-11-13-8-5-3-4-6-9(8)16-11/h7H,2-6H2,1H3,(H,13,14,15). The van der Waals surface area contributed by atoms with Gasteiger partial charge in [-0.05, 0) is 32.1 Å². The van der Waals surface area contributed by atoms with Crippen molar-refractivity contribution in [2.24, 2.45) is 0 Å². The van der Waals surface area contributed by atoms with Crippen LogP contribution in [0.4, 0.5) is 5.13 Å². The van der Waals surface area contributed by atoms with Crippen LogP contribution in [-0.2, 0) is 17.6 Å². The number of alkyl halides is 1. The minimum Gasteiger partial charge on any atom is -0.301 e. The van der Waals surface area contributed by atoms with Gasteiger partial charge in [-0.1, -0.05) is 22.9 Å². The van der Waals surface area contributed by atoms with Crippen LogP contribution in [0.5, 0.6) is 0 Å². The molecule has 0 spiro atoms. The summed E-state index contributed by atoms with van der Waals surface area (Å²) in [6, 6.07) is 0. The molecule has 1 amide bonds. The van der Waals surface area contributed by atoms with Gasteiger partial charge in [0.05, 0.1) is 10.5 Å². The van der Waals surface area contributed by atoms with Gasteiger partial charge in [0.15, 0.2) is 5.13 Å². The molecule has 1 N–H and O–H groups in total. The van der Waals surface area contributed by atoms with Crippen molar-refractivity contribution in [1.29, 1.82) is 0 Å². The second-order valence-corrected chi connectivity index (χ2v) is 6.15. The number of aryl methyl sites for hydroxylation is 2. The quantitative estimate of drug-likeness (QED) is 0.872. The summed E-state index contributed by atoms with van der Waals surface area (Å²) >= 11 is 4.96. The number of carbonyl (C=O) groups is 1. The van der Waals surface area contributed by atoms with Gasteiger partial charge in [-0.15, -0.1) is 11.3 Å². The fourth-order valence-corrected chi connectivity index (χ4v) is 2.94. The van der Waals surface area contributed by atoms with E-state index in [2.05, 4.69) is 26.2 Å². The number of thiazole rings is 1. The van der Waals surface area contributed by atoms with E-state index in [1.165, 1.54) is 23.4 Å². The third-order valence-electron chi connectivity index (χ3n) is 2.72. The second kappa shape index (κ2) is 5.27. The maximum Gasteiger partial charge on any atom is 0.239 e. The lowest BCUT2D eigenvalue weighted by atomic mass is 10.0. The number of nitrogens with one attached hydrogen (secondary N) is 1. The molecule has 0 bridgehead atoms. The molecule has 0 fully saturated rings. The van der Waals surface area contributed by atoms with Gasteiger partial charge in [0.2, 0.25) is 5.91 Å². The maximum absolute atomic E-state index is 11.7. The van der Waals surface area contributed by atoms with Crippen LogP contribution in [0.2, 0.25) is 0 Å². The fraction of sp³-hybridized carbons (Fsp3) is 0.636. The number of hydrogen-bond donors (Lipinski definition) is 1. The number of halogens is 1. The van der Waals surface area contributed by atoms with E-state index in [-0.39, 0.29) is 10.7 Å². The van der Waals surface area contributed by atoms with E-state index in [4.69, 9.17) is 0 Å². The Balaban J connectivity index is 2.05. The van der Waals surface area contributed by atoms with Crippen LogP contribution >= 0.6 is 27.3 Å². The normalized spacial score (nSPS) is 16.6. The van der Waals surface area contributed by atoms with Crippen LogP contribution in [0.1, 0.15) is 36.8 Å². The van der Waals surface area contributed by atoms with E-state index < -0.39 is 0 Å². The average molecular weight is 303 g/mol. The highest BCUT2D eigenvalue weighted by atomic mass is 79.9. The molecule has 2 rings (SSSR count). The maximum atomic E-state index is 11.7. The summed E-state index contributed by atoms with van der Waals surface area (Å²) in [7, 11) is 0. The lowest BCUT2D eigenvalue weighted by molar-refractivity contribution is -0.115. The smallest absolute Gasteiger partial charge is 0.239 e. The van der Waals surface area contributed by atoms with Crippen LogP contribution in [0.15, 0.2) is 0 Å². The fourth-order valence-electron chi connectivity index (χ4n) is 1.77. The molecule has 0 aliphatic heterocycles. The molecule has 0 saturated carbocycles. The van der Waals surface area contributed by atoms with Gasteiger partial charge in [0.1, 0.15) is 0 Å². The molecule has 3 nitrogen and oxygen atoms in total. The molecule has 0 radical (unpaired) electrons. The first-order valence-electron chi connectivity index (χ1n) is 5.64. The molecule has 1 heterocycles. The second-order valence-electron chi connectivity index (χ2n) is 3.96. The van der Waals surface area contributed by atoms with E-state index in [9.17, 15) is 4.79 Å². The lowest BCUT2D eigenvalue weighted by Crippen LogP contribution is -2.21. The van der Waals surface area contributed by atoms with Gasteiger partial charge in [0.25, 0.3) is 0 Å². The van der Waals surface area contributed by atoms with Gasteiger partial charge in [-0.3, -0.25) is 4.79 Å². The lowest BCUT2D eigenvalue weighted by Gasteiger charge is -2.06. The predicted molar refractivity (Wildman–Crippen MR) is 70.4 cm³/mol.